The van der Waals surface area contributed by atoms with Crippen LogP contribution in [0.1, 0.15) is 20.7 Å². The van der Waals surface area contributed by atoms with Crippen molar-refractivity contribution in [2.45, 2.75) is 0 Å². The molecule has 7 heteroatoms. The lowest BCUT2D eigenvalue weighted by Crippen LogP contribution is -2.13. The van der Waals surface area contributed by atoms with Crippen LogP contribution in [0.4, 0.5) is 0 Å². The highest BCUT2D eigenvalue weighted by Crippen LogP contribution is 2.38. The van der Waals surface area contributed by atoms with Gasteiger partial charge in [0.15, 0.2) is 0 Å². The second kappa shape index (κ2) is 6.67. The Morgan fingerprint density at radius 2 is 1.43 bits per heavy atom. The third-order valence-electron chi connectivity index (χ3n) is 2.52. The first-order valence-electron chi connectivity index (χ1n) is 5.56. The van der Waals surface area contributed by atoms with E-state index in [1.807, 2.05) is 0 Å². The van der Waals surface area contributed by atoms with Gasteiger partial charge in [-0.05, 0) is 18.2 Å². The summed E-state index contributed by atoms with van der Waals surface area (Å²) in [5.74, 6) is -1.77. The topological polar surface area (TPSA) is 43.4 Å². The molecule has 2 aromatic carbocycles. The Balaban J connectivity index is 2.28. The van der Waals surface area contributed by atoms with E-state index in [1.165, 1.54) is 18.2 Å². The smallest absolute Gasteiger partial charge is 0.347 e. The summed E-state index contributed by atoms with van der Waals surface area (Å²) in [6.07, 6.45) is 0. The van der Waals surface area contributed by atoms with Gasteiger partial charge >= 0.3 is 11.9 Å². The molecular formula is C14H6Cl4O3. The number of ether oxygens (including phenoxy) is 1. The molecule has 0 amide bonds. The number of hydrogen-bond acceptors (Lipinski definition) is 3. The van der Waals surface area contributed by atoms with Crippen LogP contribution in [0.5, 0.6) is 0 Å². The molecule has 0 unspecified atom stereocenters. The molecule has 0 atom stereocenters. The van der Waals surface area contributed by atoms with Gasteiger partial charge < -0.3 is 4.74 Å². The molecule has 0 heterocycles. The lowest BCUT2D eigenvalue weighted by Gasteiger charge is -2.08. The van der Waals surface area contributed by atoms with Gasteiger partial charge in [-0.1, -0.05) is 64.6 Å². The second-order valence-electron chi connectivity index (χ2n) is 3.89. The molecule has 0 aliphatic rings. The van der Waals surface area contributed by atoms with E-state index >= 15 is 0 Å². The normalized spacial score (nSPS) is 10.3. The zero-order valence-electron chi connectivity index (χ0n) is 10.2. The van der Waals surface area contributed by atoms with Crippen molar-refractivity contribution >= 4 is 58.3 Å². The van der Waals surface area contributed by atoms with Gasteiger partial charge in [-0.2, -0.15) is 0 Å². The van der Waals surface area contributed by atoms with E-state index in [9.17, 15) is 9.59 Å². The molecule has 0 spiro atoms. The summed E-state index contributed by atoms with van der Waals surface area (Å²) in [6.45, 7) is 0. The predicted octanol–water partition coefficient (Wildman–Crippen LogP) is 5.30. The first kappa shape index (κ1) is 16.1. The Labute approximate surface area is 140 Å². The molecule has 108 valence electrons. The summed E-state index contributed by atoms with van der Waals surface area (Å²) in [6, 6.07) is 9.24. The Morgan fingerprint density at radius 1 is 0.810 bits per heavy atom. The van der Waals surface area contributed by atoms with Gasteiger partial charge in [0.2, 0.25) is 0 Å². The highest BCUT2D eigenvalue weighted by molar-refractivity contribution is 6.52. The van der Waals surface area contributed by atoms with Crippen molar-refractivity contribution in [3.05, 3.63) is 67.6 Å². The average molecular weight is 364 g/mol. The number of carbonyl (C=O) groups excluding carboxylic acids is 2. The minimum atomic E-state index is -0.964. The molecule has 0 fully saturated rings. The molecular weight excluding hydrogens is 358 g/mol. The Hall–Kier alpha value is -1.26. The third kappa shape index (κ3) is 3.50. The Bertz CT molecular complexity index is 714. The molecule has 0 saturated carbocycles. The number of rotatable bonds is 2. The molecule has 3 nitrogen and oxygen atoms in total. The molecule has 0 aromatic heterocycles. The van der Waals surface area contributed by atoms with Gasteiger partial charge in [0.1, 0.15) is 0 Å². The maximum absolute atomic E-state index is 12.0. The van der Waals surface area contributed by atoms with Crippen LogP contribution in [0.2, 0.25) is 20.1 Å². The molecule has 0 aliphatic heterocycles. The molecule has 0 radical (unpaired) electrons. The van der Waals surface area contributed by atoms with E-state index < -0.39 is 11.9 Å². The summed E-state index contributed by atoms with van der Waals surface area (Å²) in [5, 5.41) is -0.152. The van der Waals surface area contributed by atoms with Gasteiger partial charge in [-0.15, -0.1) is 0 Å². The maximum atomic E-state index is 12.0. The van der Waals surface area contributed by atoms with Crippen LogP contribution in [0.25, 0.3) is 0 Å². The zero-order chi connectivity index (χ0) is 15.6. The first-order valence-corrected chi connectivity index (χ1v) is 7.07. The summed E-state index contributed by atoms with van der Waals surface area (Å²) < 4.78 is 4.73. The maximum Gasteiger partial charge on any atom is 0.347 e. The van der Waals surface area contributed by atoms with Crippen molar-refractivity contribution in [3.8, 4) is 0 Å². The van der Waals surface area contributed by atoms with E-state index in [-0.39, 0.29) is 31.2 Å². The van der Waals surface area contributed by atoms with Gasteiger partial charge in [-0.25, -0.2) is 9.59 Å². The van der Waals surface area contributed by atoms with Gasteiger partial charge in [0.25, 0.3) is 0 Å². The molecule has 2 rings (SSSR count). The number of halogens is 4. The van der Waals surface area contributed by atoms with E-state index in [2.05, 4.69) is 0 Å². The molecule has 0 aliphatic carbocycles. The summed E-state index contributed by atoms with van der Waals surface area (Å²) in [7, 11) is 0. The van der Waals surface area contributed by atoms with Crippen LogP contribution in [0.15, 0.2) is 36.4 Å². The van der Waals surface area contributed by atoms with Gasteiger partial charge in [-0.3, -0.25) is 0 Å². The minimum absolute atomic E-state index is 0.0225. The lowest BCUT2D eigenvalue weighted by molar-refractivity contribution is 0.0398. The summed E-state index contributed by atoms with van der Waals surface area (Å²) in [5.41, 5.74) is 0.0912. The van der Waals surface area contributed by atoms with Crippen LogP contribution < -0.4 is 0 Å². The van der Waals surface area contributed by atoms with Crippen LogP contribution in [0, 0.1) is 0 Å². The van der Waals surface area contributed by atoms with Gasteiger partial charge in [0.05, 0.1) is 31.2 Å². The van der Waals surface area contributed by atoms with Crippen molar-refractivity contribution in [1.82, 2.24) is 0 Å². The van der Waals surface area contributed by atoms with Crippen molar-refractivity contribution in [2.24, 2.45) is 0 Å². The Kier molecular flexibility index (Phi) is 5.12. The summed E-state index contributed by atoms with van der Waals surface area (Å²) in [4.78, 5) is 23.8. The number of hydrogen-bond donors (Lipinski definition) is 0. The van der Waals surface area contributed by atoms with Crippen LogP contribution in [-0.4, -0.2) is 11.9 Å². The monoisotopic (exact) mass is 362 g/mol. The van der Waals surface area contributed by atoms with Crippen molar-refractivity contribution in [2.75, 3.05) is 0 Å². The number of carbonyl (C=O) groups is 2. The first-order chi connectivity index (χ1) is 9.91. The van der Waals surface area contributed by atoms with Crippen LogP contribution >= 0.6 is 46.4 Å². The van der Waals surface area contributed by atoms with Crippen molar-refractivity contribution in [1.29, 1.82) is 0 Å². The zero-order valence-corrected chi connectivity index (χ0v) is 13.2. The predicted molar refractivity (Wildman–Crippen MR) is 82.7 cm³/mol. The van der Waals surface area contributed by atoms with Crippen LogP contribution in [0.3, 0.4) is 0 Å². The highest BCUT2D eigenvalue weighted by Gasteiger charge is 2.22. The molecule has 2 aromatic rings. The fourth-order valence-electron chi connectivity index (χ4n) is 1.49. The SMILES string of the molecule is O=C(OC(=O)c1cc(Cl)c(Cl)c(Cl)c1Cl)c1ccccc1. The van der Waals surface area contributed by atoms with E-state index in [4.69, 9.17) is 51.1 Å². The lowest BCUT2D eigenvalue weighted by atomic mass is 10.2. The standard InChI is InChI=1S/C14H6Cl4O3/c15-9-6-8(10(16)12(18)11(9)17)14(20)21-13(19)7-4-2-1-3-5-7/h1-6H. The fraction of sp³-hybridized carbons (Fsp3) is 0. The van der Waals surface area contributed by atoms with E-state index in [0.29, 0.717) is 0 Å². The molecule has 0 N–H and O–H groups in total. The largest absolute Gasteiger partial charge is 0.386 e. The fourth-order valence-corrected chi connectivity index (χ4v) is 2.37. The van der Waals surface area contributed by atoms with Crippen molar-refractivity contribution in [3.63, 3.8) is 0 Å². The highest BCUT2D eigenvalue weighted by atomic mass is 35.5. The quantitative estimate of drug-likeness (QED) is 0.315. The average Bonchev–Trinajstić information content (AvgIpc) is 2.49. The molecule has 0 bridgehead atoms. The third-order valence-corrected chi connectivity index (χ3v) is 4.27. The van der Waals surface area contributed by atoms with Crippen molar-refractivity contribution < 1.29 is 14.3 Å². The molecule has 0 saturated heterocycles. The Morgan fingerprint density at radius 3 is 2.05 bits per heavy atom. The van der Waals surface area contributed by atoms with E-state index in [1.54, 1.807) is 18.2 Å². The van der Waals surface area contributed by atoms with E-state index in [0.717, 1.165) is 0 Å². The van der Waals surface area contributed by atoms with Gasteiger partial charge in [0, 0.05) is 0 Å². The number of benzene rings is 2. The second-order valence-corrected chi connectivity index (χ2v) is 5.43. The molecule has 21 heavy (non-hydrogen) atoms. The number of esters is 2. The minimum Gasteiger partial charge on any atom is -0.386 e. The van der Waals surface area contributed by atoms with Crippen LogP contribution in [-0.2, 0) is 4.74 Å². The summed E-state index contributed by atoms with van der Waals surface area (Å²) >= 11 is 23.4.